The number of ether oxygens (including phenoxy) is 1. The first-order chi connectivity index (χ1) is 28.0. The first-order valence-corrected chi connectivity index (χ1v) is 24.8. The summed E-state index contributed by atoms with van der Waals surface area (Å²) < 4.78 is 5.45. The summed E-state index contributed by atoms with van der Waals surface area (Å²) in [4.78, 5) is 24.4. The topological polar surface area (TPSA) is 95.9 Å². The molecule has 0 radical (unpaired) electrons. The molecular formula is C51H95NO5. The zero-order valence-electron chi connectivity index (χ0n) is 37.8. The van der Waals surface area contributed by atoms with E-state index in [1.807, 2.05) is 6.08 Å². The number of unbranched alkanes of at least 4 members (excludes halogenated alkanes) is 30. The first kappa shape index (κ1) is 55.1. The third-order valence-electron chi connectivity index (χ3n) is 11.2. The lowest BCUT2D eigenvalue weighted by atomic mass is 10.0. The van der Waals surface area contributed by atoms with E-state index >= 15 is 0 Å². The van der Waals surface area contributed by atoms with E-state index in [1.54, 1.807) is 6.08 Å². The Morgan fingerprint density at radius 2 is 0.877 bits per heavy atom. The van der Waals surface area contributed by atoms with E-state index in [2.05, 4.69) is 43.5 Å². The molecule has 0 bridgehead atoms. The van der Waals surface area contributed by atoms with Crippen molar-refractivity contribution in [2.45, 2.75) is 264 Å². The Hall–Kier alpha value is -1.92. The van der Waals surface area contributed by atoms with Crippen LogP contribution in [0.2, 0.25) is 0 Å². The standard InChI is InChI=1S/C51H95NO5/c1-3-5-7-9-11-13-15-17-18-19-20-21-25-29-33-37-41-45-51(56)57-46-42-38-34-30-26-22-24-28-32-36-40-44-50(55)52-48(47-53)49(54)43-39-35-31-27-23-16-14-12-10-8-6-4-2/h11,13,17-18,39,43,48-49,53-54H,3-10,12,14-16,19-38,40-42,44-47H2,1-2H3,(H,52,55)/b13-11-,18-17-,43-39+. The average molecular weight is 802 g/mol. The highest BCUT2D eigenvalue weighted by molar-refractivity contribution is 5.76. The molecule has 0 spiro atoms. The van der Waals surface area contributed by atoms with Gasteiger partial charge in [0.2, 0.25) is 5.91 Å². The maximum atomic E-state index is 12.4. The lowest BCUT2D eigenvalue weighted by Crippen LogP contribution is -2.45. The van der Waals surface area contributed by atoms with Crippen LogP contribution in [0.5, 0.6) is 0 Å². The van der Waals surface area contributed by atoms with Crippen LogP contribution in [-0.4, -0.2) is 47.4 Å². The quantitative estimate of drug-likeness (QED) is 0.0324. The monoisotopic (exact) mass is 802 g/mol. The van der Waals surface area contributed by atoms with E-state index in [9.17, 15) is 19.8 Å². The van der Waals surface area contributed by atoms with Gasteiger partial charge in [-0.1, -0.05) is 211 Å². The zero-order valence-corrected chi connectivity index (χ0v) is 37.8. The van der Waals surface area contributed by atoms with Crippen LogP contribution in [0.15, 0.2) is 36.5 Å². The maximum Gasteiger partial charge on any atom is 0.305 e. The van der Waals surface area contributed by atoms with Gasteiger partial charge in [0.15, 0.2) is 0 Å². The molecule has 0 aromatic rings. The lowest BCUT2D eigenvalue weighted by molar-refractivity contribution is -0.143. The van der Waals surface area contributed by atoms with Crippen molar-refractivity contribution in [1.29, 1.82) is 0 Å². The molecule has 0 fully saturated rings. The molecule has 57 heavy (non-hydrogen) atoms. The molecule has 6 heteroatoms. The van der Waals surface area contributed by atoms with Crippen molar-refractivity contribution in [2.24, 2.45) is 0 Å². The Kier molecular flexibility index (Phi) is 45.2. The number of carbonyl (C=O) groups is 2. The van der Waals surface area contributed by atoms with Crippen LogP contribution in [0.1, 0.15) is 251 Å². The number of allylic oxidation sites excluding steroid dienone is 5. The molecule has 0 rings (SSSR count). The molecule has 1 amide bonds. The largest absolute Gasteiger partial charge is 0.466 e. The van der Waals surface area contributed by atoms with Crippen LogP contribution >= 0.6 is 0 Å². The number of esters is 1. The third-order valence-corrected chi connectivity index (χ3v) is 11.2. The smallest absolute Gasteiger partial charge is 0.305 e. The third kappa shape index (κ3) is 43.5. The van der Waals surface area contributed by atoms with Gasteiger partial charge in [-0.15, -0.1) is 0 Å². The van der Waals surface area contributed by atoms with Gasteiger partial charge < -0.3 is 20.3 Å². The SMILES string of the molecule is CCCCC/C=C\C/C=C\CCCCCCCCCC(=O)OCCCCCCCCCCCCCC(=O)NC(CO)C(O)/C=C/CCCCCCCCCCCC. The minimum Gasteiger partial charge on any atom is -0.466 e. The van der Waals surface area contributed by atoms with Gasteiger partial charge in [-0.3, -0.25) is 9.59 Å². The summed E-state index contributed by atoms with van der Waals surface area (Å²) in [6, 6.07) is -0.641. The predicted octanol–water partition coefficient (Wildman–Crippen LogP) is 14.5. The Balaban J connectivity index is 3.50. The molecule has 0 aliphatic heterocycles. The fourth-order valence-corrected chi connectivity index (χ4v) is 7.31. The molecule has 0 saturated heterocycles. The summed E-state index contributed by atoms with van der Waals surface area (Å²) in [5.74, 6) is -0.113. The first-order valence-electron chi connectivity index (χ1n) is 24.8. The molecule has 2 unspecified atom stereocenters. The molecule has 0 aliphatic carbocycles. The highest BCUT2D eigenvalue weighted by atomic mass is 16.5. The summed E-state index contributed by atoms with van der Waals surface area (Å²) in [7, 11) is 0. The Labute approximate surface area is 353 Å². The molecule has 2 atom stereocenters. The van der Waals surface area contributed by atoms with Gasteiger partial charge in [0.25, 0.3) is 0 Å². The van der Waals surface area contributed by atoms with Crippen molar-refractivity contribution in [1.82, 2.24) is 5.32 Å². The van der Waals surface area contributed by atoms with Crippen LogP contribution in [0.25, 0.3) is 0 Å². The second kappa shape index (κ2) is 46.8. The maximum absolute atomic E-state index is 12.4. The minimum atomic E-state index is -0.856. The minimum absolute atomic E-state index is 0.0241. The van der Waals surface area contributed by atoms with E-state index in [0.717, 1.165) is 64.2 Å². The normalized spacial score (nSPS) is 13.0. The Morgan fingerprint density at radius 3 is 1.37 bits per heavy atom. The number of hydrogen-bond donors (Lipinski definition) is 3. The summed E-state index contributed by atoms with van der Waals surface area (Å²) in [5, 5.41) is 23.0. The molecule has 6 nitrogen and oxygen atoms in total. The number of amides is 1. The average Bonchev–Trinajstić information content (AvgIpc) is 3.21. The number of hydrogen-bond acceptors (Lipinski definition) is 5. The number of aliphatic hydroxyl groups excluding tert-OH is 2. The number of carbonyl (C=O) groups excluding carboxylic acids is 2. The second-order valence-corrected chi connectivity index (χ2v) is 16.8. The molecule has 0 aliphatic rings. The Morgan fingerprint density at radius 1 is 0.491 bits per heavy atom. The van der Waals surface area contributed by atoms with Gasteiger partial charge in [0.05, 0.1) is 25.4 Å². The number of nitrogens with one attached hydrogen (secondary N) is 1. The molecule has 0 saturated carbocycles. The van der Waals surface area contributed by atoms with Crippen molar-refractivity contribution in [3.05, 3.63) is 36.5 Å². The van der Waals surface area contributed by atoms with Crippen LogP contribution in [0.4, 0.5) is 0 Å². The molecule has 3 N–H and O–H groups in total. The van der Waals surface area contributed by atoms with E-state index < -0.39 is 12.1 Å². The zero-order chi connectivity index (χ0) is 41.5. The second-order valence-electron chi connectivity index (χ2n) is 16.8. The van der Waals surface area contributed by atoms with Crippen molar-refractivity contribution < 1.29 is 24.5 Å². The van der Waals surface area contributed by atoms with Crippen LogP contribution in [-0.2, 0) is 14.3 Å². The molecule has 0 heterocycles. The van der Waals surface area contributed by atoms with Gasteiger partial charge in [-0.25, -0.2) is 0 Å². The summed E-state index contributed by atoms with van der Waals surface area (Å²) in [6.07, 6.45) is 55.6. The molecule has 0 aromatic carbocycles. The molecule has 334 valence electrons. The van der Waals surface area contributed by atoms with Gasteiger partial charge in [0, 0.05) is 12.8 Å². The predicted molar refractivity (Wildman–Crippen MR) is 246 cm³/mol. The van der Waals surface area contributed by atoms with Gasteiger partial charge in [0.1, 0.15) is 0 Å². The fourth-order valence-electron chi connectivity index (χ4n) is 7.31. The molecule has 0 aromatic heterocycles. The van der Waals surface area contributed by atoms with Crippen LogP contribution in [0, 0.1) is 0 Å². The highest BCUT2D eigenvalue weighted by Gasteiger charge is 2.18. The summed E-state index contributed by atoms with van der Waals surface area (Å²) >= 11 is 0. The lowest BCUT2D eigenvalue weighted by Gasteiger charge is -2.20. The van der Waals surface area contributed by atoms with Crippen molar-refractivity contribution >= 4 is 11.9 Å². The van der Waals surface area contributed by atoms with E-state index in [-0.39, 0.29) is 18.5 Å². The number of rotatable bonds is 45. The van der Waals surface area contributed by atoms with Crippen molar-refractivity contribution in [3.8, 4) is 0 Å². The van der Waals surface area contributed by atoms with Gasteiger partial charge in [-0.2, -0.15) is 0 Å². The summed E-state index contributed by atoms with van der Waals surface area (Å²) in [6.45, 7) is 4.81. The highest BCUT2D eigenvalue weighted by Crippen LogP contribution is 2.15. The fraction of sp³-hybridized carbons (Fsp3) is 0.843. The van der Waals surface area contributed by atoms with Crippen molar-refractivity contribution in [2.75, 3.05) is 13.2 Å². The van der Waals surface area contributed by atoms with Gasteiger partial charge >= 0.3 is 5.97 Å². The van der Waals surface area contributed by atoms with Crippen LogP contribution in [0.3, 0.4) is 0 Å². The van der Waals surface area contributed by atoms with Crippen molar-refractivity contribution in [3.63, 3.8) is 0 Å². The van der Waals surface area contributed by atoms with Crippen LogP contribution < -0.4 is 5.32 Å². The van der Waals surface area contributed by atoms with E-state index in [1.165, 1.54) is 161 Å². The number of aliphatic hydroxyl groups is 2. The van der Waals surface area contributed by atoms with E-state index in [0.29, 0.717) is 19.4 Å². The summed E-state index contributed by atoms with van der Waals surface area (Å²) in [5.41, 5.74) is 0. The Bertz CT molecular complexity index is 931. The molecular weight excluding hydrogens is 707 g/mol. The van der Waals surface area contributed by atoms with E-state index in [4.69, 9.17) is 4.74 Å². The van der Waals surface area contributed by atoms with Gasteiger partial charge in [-0.05, 0) is 64.2 Å².